The van der Waals surface area contributed by atoms with Gasteiger partial charge in [0.25, 0.3) is 5.91 Å². The highest BCUT2D eigenvalue weighted by molar-refractivity contribution is 5.91. The van der Waals surface area contributed by atoms with Crippen molar-refractivity contribution in [3.8, 4) is 5.75 Å². The average molecular weight is 290 g/mol. The first-order valence-corrected chi connectivity index (χ1v) is 6.28. The smallest absolute Gasteiger partial charge is 0.269 e. The Kier molecular flexibility index (Phi) is 5.41. The predicted octanol–water partition coefficient (Wildman–Crippen LogP) is 2.69. The second-order valence-electron chi connectivity index (χ2n) is 5.33. The first-order chi connectivity index (χ1) is 9.73. The molecule has 1 N–H and O–H groups in total. The van der Waals surface area contributed by atoms with Gasteiger partial charge in [0.1, 0.15) is 11.4 Å². The van der Waals surface area contributed by atoms with E-state index in [9.17, 15) is 9.59 Å². The van der Waals surface area contributed by atoms with Gasteiger partial charge in [-0.1, -0.05) is 0 Å². The van der Waals surface area contributed by atoms with Crippen LogP contribution in [-0.4, -0.2) is 34.9 Å². The average Bonchev–Trinajstić information content (AvgIpc) is 2.35. The number of hydrogen-bond acceptors (Lipinski definition) is 5. The Morgan fingerprint density at radius 3 is 2.62 bits per heavy atom. The summed E-state index contributed by atoms with van der Waals surface area (Å²) in [5.41, 5.74) is 0.487. The van der Waals surface area contributed by atoms with Crippen LogP contribution in [0.2, 0.25) is 0 Å². The van der Waals surface area contributed by atoms with Gasteiger partial charge in [-0.05, 0) is 39.0 Å². The standard InChI is InChI=1S/C15H18N2O4/c1-15(2,3)21-12-7-5-11(13(9-12)16-10-18)6-8-14(19)17(4)20/h5-9,20H,1-4H3. The number of hydroxylamine groups is 2. The Morgan fingerprint density at radius 2 is 2.10 bits per heavy atom. The lowest BCUT2D eigenvalue weighted by molar-refractivity contribution is -0.153. The Morgan fingerprint density at radius 1 is 1.43 bits per heavy atom. The zero-order valence-electron chi connectivity index (χ0n) is 12.5. The molecule has 6 nitrogen and oxygen atoms in total. The molecule has 0 spiro atoms. The van der Waals surface area contributed by atoms with Crippen LogP contribution in [-0.2, 0) is 9.59 Å². The summed E-state index contributed by atoms with van der Waals surface area (Å²) in [4.78, 5) is 25.4. The molecule has 1 aromatic carbocycles. The molecule has 0 aliphatic rings. The third kappa shape index (κ3) is 5.60. The molecule has 112 valence electrons. The van der Waals surface area contributed by atoms with E-state index in [1.165, 1.54) is 25.3 Å². The number of carbonyl (C=O) groups is 1. The largest absolute Gasteiger partial charge is 0.488 e. The highest BCUT2D eigenvalue weighted by Gasteiger charge is 2.13. The zero-order valence-corrected chi connectivity index (χ0v) is 12.5. The molecule has 0 bridgehead atoms. The lowest BCUT2D eigenvalue weighted by atomic mass is 10.1. The van der Waals surface area contributed by atoms with E-state index in [2.05, 4.69) is 4.99 Å². The van der Waals surface area contributed by atoms with Crippen LogP contribution >= 0.6 is 0 Å². The van der Waals surface area contributed by atoms with Crippen molar-refractivity contribution in [1.82, 2.24) is 5.06 Å². The summed E-state index contributed by atoms with van der Waals surface area (Å²) in [7, 11) is 1.22. The molecule has 1 aromatic rings. The molecule has 0 aromatic heterocycles. The van der Waals surface area contributed by atoms with E-state index in [1.807, 2.05) is 20.8 Å². The fraction of sp³-hybridized carbons (Fsp3) is 0.333. The van der Waals surface area contributed by atoms with Crippen LogP contribution in [0.25, 0.3) is 6.08 Å². The molecule has 1 amide bonds. The van der Waals surface area contributed by atoms with E-state index in [0.29, 0.717) is 22.1 Å². The van der Waals surface area contributed by atoms with Crippen LogP contribution in [0.4, 0.5) is 5.69 Å². The molecule has 0 saturated heterocycles. The molecule has 21 heavy (non-hydrogen) atoms. The third-order valence-electron chi connectivity index (χ3n) is 2.32. The van der Waals surface area contributed by atoms with Crippen molar-refractivity contribution in [2.24, 2.45) is 4.99 Å². The topological polar surface area (TPSA) is 79.2 Å². The number of likely N-dealkylation sites (N-methyl/N-ethyl adjacent to an activating group) is 1. The highest BCUT2D eigenvalue weighted by Crippen LogP contribution is 2.28. The van der Waals surface area contributed by atoms with Gasteiger partial charge in [0.2, 0.25) is 6.08 Å². The van der Waals surface area contributed by atoms with Crippen molar-refractivity contribution in [3.05, 3.63) is 29.8 Å². The molecule has 0 aliphatic carbocycles. The summed E-state index contributed by atoms with van der Waals surface area (Å²) in [6.45, 7) is 5.71. The second kappa shape index (κ2) is 6.83. The van der Waals surface area contributed by atoms with E-state index in [4.69, 9.17) is 9.94 Å². The number of isocyanates is 1. The highest BCUT2D eigenvalue weighted by atomic mass is 16.5. The summed E-state index contributed by atoms with van der Waals surface area (Å²) in [6.07, 6.45) is 4.09. The maximum Gasteiger partial charge on any atom is 0.269 e. The van der Waals surface area contributed by atoms with Gasteiger partial charge in [-0.25, -0.2) is 9.86 Å². The van der Waals surface area contributed by atoms with Gasteiger partial charge in [0.15, 0.2) is 0 Å². The number of ether oxygens (including phenoxy) is 1. The second-order valence-corrected chi connectivity index (χ2v) is 5.33. The van der Waals surface area contributed by atoms with E-state index in [0.717, 1.165) is 0 Å². The first-order valence-electron chi connectivity index (χ1n) is 6.28. The SMILES string of the molecule is CN(O)C(=O)C=Cc1ccc(OC(C)(C)C)cc1N=C=O. The molecular weight excluding hydrogens is 272 g/mol. The number of amides is 1. The Labute approximate surface area is 123 Å². The molecule has 0 radical (unpaired) electrons. The minimum Gasteiger partial charge on any atom is -0.488 e. The van der Waals surface area contributed by atoms with Crippen molar-refractivity contribution in [1.29, 1.82) is 0 Å². The molecule has 0 saturated carbocycles. The number of carbonyl (C=O) groups excluding carboxylic acids is 2. The normalized spacial score (nSPS) is 11.1. The van der Waals surface area contributed by atoms with Crippen LogP contribution in [0.3, 0.4) is 0 Å². The molecule has 6 heteroatoms. The zero-order chi connectivity index (χ0) is 16.0. The summed E-state index contributed by atoms with van der Waals surface area (Å²) in [6, 6.07) is 4.96. The number of benzene rings is 1. The van der Waals surface area contributed by atoms with Gasteiger partial charge in [-0.2, -0.15) is 4.99 Å². The predicted molar refractivity (Wildman–Crippen MR) is 78.2 cm³/mol. The van der Waals surface area contributed by atoms with E-state index >= 15 is 0 Å². The summed E-state index contributed by atoms with van der Waals surface area (Å²) in [5, 5.41) is 9.42. The molecule has 1 rings (SSSR count). The summed E-state index contributed by atoms with van der Waals surface area (Å²) >= 11 is 0. The number of hydrogen-bond donors (Lipinski definition) is 1. The Bertz CT molecular complexity index is 594. The van der Waals surface area contributed by atoms with Gasteiger partial charge < -0.3 is 4.74 Å². The first kappa shape index (κ1) is 16.6. The third-order valence-corrected chi connectivity index (χ3v) is 2.32. The van der Waals surface area contributed by atoms with Crippen LogP contribution in [0.5, 0.6) is 5.75 Å². The molecule has 0 unspecified atom stereocenters. The number of rotatable bonds is 4. The number of nitrogens with zero attached hydrogens (tertiary/aromatic N) is 2. The van der Waals surface area contributed by atoms with Gasteiger partial charge in [0.05, 0.1) is 5.69 Å². The number of aliphatic imine (C=N–C) groups is 1. The quantitative estimate of drug-likeness (QED) is 0.304. The van der Waals surface area contributed by atoms with Crippen molar-refractivity contribution in [2.45, 2.75) is 26.4 Å². The van der Waals surface area contributed by atoms with E-state index in [1.54, 1.807) is 18.2 Å². The van der Waals surface area contributed by atoms with Crippen LogP contribution in [0.1, 0.15) is 26.3 Å². The molecular formula is C15H18N2O4. The lowest BCUT2D eigenvalue weighted by Gasteiger charge is -2.21. The molecule has 0 fully saturated rings. The van der Waals surface area contributed by atoms with Crippen LogP contribution < -0.4 is 4.74 Å². The maximum absolute atomic E-state index is 11.3. The summed E-state index contributed by atoms with van der Waals surface area (Å²) in [5.74, 6) is -0.0368. The van der Waals surface area contributed by atoms with Crippen molar-refractivity contribution in [3.63, 3.8) is 0 Å². The van der Waals surface area contributed by atoms with Gasteiger partial charge in [0, 0.05) is 24.8 Å². The van der Waals surface area contributed by atoms with E-state index in [-0.39, 0.29) is 5.60 Å². The van der Waals surface area contributed by atoms with Gasteiger partial charge in [-0.3, -0.25) is 10.0 Å². The van der Waals surface area contributed by atoms with Gasteiger partial charge >= 0.3 is 0 Å². The van der Waals surface area contributed by atoms with Crippen molar-refractivity contribution >= 4 is 23.8 Å². The molecule has 0 heterocycles. The fourth-order valence-electron chi connectivity index (χ4n) is 1.50. The molecule has 0 atom stereocenters. The minimum atomic E-state index is -0.592. The minimum absolute atomic E-state index is 0.330. The van der Waals surface area contributed by atoms with Crippen molar-refractivity contribution < 1.29 is 19.5 Å². The lowest BCUT2D eigenvalue weighted by Crippen LogP contribution is -2.22. The molecule has 0 aliphatic heterocycles. The van der Waals surface area contributed by atoms with Gasteiger partial charge in [-0.15, -0.1) is 0 Å². The maximum atomic E-state index is 11.3. The summed E-state index contributed by atoms with van der Waals surface area (Å²) < 4.78 is 5.68. The van der Waals surface area contributed by atoms with Crippen LogP contribution in [0.15, 0.2) is 29.3 Å². The van der Waals surface area contributed by atoms with E-state index < -0.39 is 5.91 Å². The van der Waals surface area contributed by atoms with Crippen LogP contribution in [0, 0.1) is 0 Å². The Balaban J connectivity index is 3.11. The fourth-order valence-corrected chi connectivity index (χ4v) is 1.50. The monoisotopic (exact) mass is 290 g/mol. The Hall–Kier alpha value is -2.43. The van der Waals surface area contributed by atoms with Crippen molar-refractivity contribution in [2.75, 3.05) is 7.05 Å².